The van der Waals surface area contributed by atoms with Crippen molar-refractivity contribution in [3.8, 4) is 0 Å². The summed E-state index contributed by atoms with van der Waals surface area (Å²) in [6.07, 6.45) is 8.97. The van der Waals surface area contributed by atoms with E-state index in [4.69, 9.17) is 0 Å². The van der Waals surface area contributed by atoms with Gasteiger partial charge in [-0.05, 0) is 106 Å². The molecule has 3 unspecified atom stereocenters. The second-order valence-corrected chi connectivity index (χ2v) is 12.0. The van der Waals surface area contributed by atoms with Crippen LogP contribution >= 0.6 is 0 Å². The molecule has 1 N–H and O–H groups in total. The van der Waals surface area contributed by atoms with Gasteiger partial charge in [0.2, 0.25) is 0 Å². The van der Waals surface area contributed by atoms with Crippen LogP contribution in [0.2, 0.25) is 0 Å². The zero-order chi connectivity index (χ0) is 25.3. The van der Waals surface area contributed by atoms with Crippen molar-refractivity contribution < 1.29 is 17.8 Å². The van der Waals surface area contributed by atoms with Crippen LogP contribution in [0.15, 0.2) is 47.4 Å². The normalized spacial score (nSPS) is 26.3. The van der Waals surface area contributed by atoms with Crippen molar-refractivity contribution in [1.82, 2.24) is 9.80 Å². The number of carbonyl (C=O) groups is 1. The van der Waals surface area contributed by atoms with Crippen LogP contribution in [0, 0.1) is 17.6 Å². The molecule has 0 bridgehead atoms. The molecule has 0 spiro atoms. The van der Waals surface area contributed by atoms with Gasteiger partial charge in [0.25, 0.3) is 0 Å². The fourth-order valence-electron chi connectivity index (χ4n) is 6.32. The van der Waals surface area contributed by atoms with E-state index in [0.717, 1.165) is 68.8 Å². The van der Waals surface area contributed by atoms with Crippen LogP contribution in [0.1, 0.15) is 50.5 Å². The van der Waals surface area contributed by atoms with E-state index in [0.29, 0.717) is 12.5 Å². The van der Waals surface area contributed by atoms with Gasteiger partial charge < -0.3 is 15.1 Å². The first kappa shape index (κ1) is 25.3. The maximum atomic E-state index is 13.7. The highest BCUT2D eigenvalue weighted by atomic mass is 32.2. The van der Waals surface area contributed by atoms with Gasteiger partial charge in [-0.3, -0.25) is 4.21 Å². The fourth-order valence-corrected chi connectivity index (χ4v) is 6.89. The molecule has 0 radical (unpaired) electrons. The number of likely N-dealkylation sites (tertiary alicyclic amines) is 1. The predicted molar refractivity (Wildman–Crippen MR) is 139 cm³/mol. The zero-order valence-electron chi connectivity index (χ0n) is 20.8. The van der Waals surface area contributed by atoms with Crippen molar-refractivity contribution >= 4 is 22.5 Å². The molecule has 2 aromatic carbocycles. The average Bonchev–Trinajstić information content (AvgIpc) is 3.38. The van der Waals surface area contributed by atoms with Crippen molar-refractivity contribution in [2.24, 2.45) is 5.92 Å². The SMILES string of the molecule is CS(=O)c1cccc([C@@]23CCC(N(CCCN4CCCC4)C(=O)Nc4ccc(F)c(F)c4)CC2C3)c1. The molecular formula is C28H35F2N3O2S. The molecule has 3 aliphatic rings. The summed E-state index contributed by atoms with van der Waals surface area (Å²) in [7, 11) is -1.01. The molecule has 1 heterocycles. The Kier molecular flexibility index (Phi) is 7.45. The molecule has 8 heteroatoms. The van der Waals surface area contributed by atoms with Crippen molar-refractivity contribution in [2.75, 3.05) is 37.8 Å². The van der Waals surface area contributed by atoms with Crippen molar-refractivity contribution in [2.45, 2.75) is 61.3 Å². The van der Waals surface area contributed by atoms with Crippen molar-refractivity contribution in [3.63, 3.8) is 0 Å². The number of halogens is 2. The summed E-state index contributed by atoms with van der Waals surface area (Å²) in [5, 5.41) is 2.81. The Morgan fingerprint density at radius 2 is 1.97 bits per heavy atom. The minimum Gasteiger partial charge on any atom is -0.321 e. The van der Waals surface area contributed by atoms with Crippen LogP contribution in [0.3, 0.4) is 0 Å². The molecule has 2 aliphatic carbocycles. The number of hydrogen-bond acceptors (Lipinski definition) is 3. The second kappa shape index (κ2) is 10.6. The molecule has 5 rings (SSSR count). The Hall–Kier alpha value is -2.32. The number of carbonyl (C=O) groups excluding carboxylic acids is 1. The number of rotatable bonds is 8. The highest BCUT2D eigenvalue weighted by Crippen LogP contribution is 2.63. The molecular weight excluding hydrogens is 480 g/mol. The molecule has 1 saturated heterocycles. The van der Waals surface area contributed by atoms with E-state index in [1.165, 1.54) is 24.5 Å². The molecule has 1 aliphatic heterocycles. The van der Waals surface area contributed by atoms with Crippen LogP contribution in [-0.4, -0.2) is 58.5 Å². The number of nitrogens with one attached hydrogen (secondary N) is 1. The average molecular weight is 516 g/mol. The summed E-state index contributed by atoms with van der Waals surface area (Å²) in [5.74, 6) is -1.40. The van der Waals surface area contributed by atoms with Gasteiger partial charge in [-0.15, -0.1) is 0 Å². The van der Waals surface area contributed by atoms with Gasteiger partial charge >= 0.3 is 6.03 Å². The Labute approximate surface area is 214 Å². The molecule has 194 valence electrons. The van der Waals surface area contributed by atoms with Gasteiger partial charge in [-0.25, -0.2) is 13.6 Å². The summed E-state index contributed by atoms with van der Waals surface area (Å²) in [5.41, 5.74) is 1.67. The van der Waals surface area contributed by atoms with Crippen LogP contribution in [0.25, 0.3) is 0 Å². The number of nitrogens with zero attached hydrogens (tertiary/aromatic N) is 2. The first-order valence-electron chi connectivity index (χ1n) is 13.0. The standard InChI is InChI=1S/C28H35F2N3O2S/c1-36(35)24-7-4-6-20(17-24)28-11-10-23(16-21(28)19-28)33(15-5-14-32-12-2-3-13-32)27(34)31-22-8-9-25(29)26(30)18-22/h4,6-9,17-18,21,23H,2-3,5,10-16,19H2,1H3,(H,31,34)/t21?,23?,28-,36?/m0/s1. The third kappa shape index (κ3) is 5.35. The second-order valence-electron chi connectivity index (χ2n) is 10.6. The lowest BCUT2D eigenvalue weighted by atomic mass is 9.80. The summed E-state index contributed by atoms with van der Waals surface area (Å²) in [6, 6.07) is 11.5. The van der Waals surface area contributed by atoms with Crippen molar-refractivity contribution in [1.29, 1.82) is 0 Å². The summed E-state index contributed by atoms with van der Waals surface area (Å²) < 4.78 is 39.1. The van der Waals surface area contributed by atoms with Crippen LogP contribution < -0.4 is 5.32 Å². The molecule has 2 aromatic rings. The monoisotopic (exact) mass is 515 g/mol. The molecule has 4 atom stereocenters. The molecule has 5 nitrogen and oxygen atoms in total. The lowest BCUT2D eigenvalue weighted by molar-refractivity contribution is 0.156. The Morgan fingerprint density at radius 1 is 1.17 bits per heavy atom. The molecule has 36 heavy (non-hydrogen) atoms. The Balaban J connectivity index is 1.28. The van der Waals surface area contributed by atoms with E-state index < -0.39 is 22.4 Å². The van der Waals surface area contributed by atoms with E-state index in [1.54, 1.807) is 6.26 Å². The van der Waals surface area contributed by atoms with Gasteiger partial charge in [-0.1, -0.05) is 12.1 Å². The van der Waals surface area contributed by atoms with E-state index in [2.05, 4.69) is 22.3 Å². The van der Waals surface area contributed by atoms with Crippen LogP contribution in [0.5, 0.6) is 0 Å². The van der Waals surface area contributed by atoms with E-state index in [9.17, 15) is 17.8 Å². The van der Waals surface area contributed by atoms with E-state index in [1.807, 2.05) is 17.0 Å². The Morgan fingerprint density at radius 3 is 2.69 bits per heavy atom. The number of benzene rings is 2. The lowest BCUT2D eigenvalue weighted by Crippen LogP contribution is -2.46. The van der Waals surface area contributed by atoms with E-state index >= 15 is 0 Å². The minimum atomic E-state index is -1.01. The number of fused-ring (bicyclic) bond motifs is 1. The summed E-state index contributed by atoms with van der Waals surface area (Å²) >= 11 is 0. The Bertz CT molecular complexity index is 1140. The zero-order valence-corrected chi connectivity index (χ0v) is 21.7. The first-order valence-corrected chi connectivity index (χ1v) is 14.6. The van der Waals surface area contributed by atoms with Crippen LogP contribution in [-0.2, 0) is 16.2 Å². The maximum absolute atomic E-state index is 13.7. The number of urea groups is 1. The van der Waals surface area contributed by atoms with Gasteiger partial charge in [0, 0.05) is 46.3 Å². The maximum Gasteiger partial charge on any atom is 0.322 e. The van der Waals surface area contributed by atoms with E-state index in [-0.39, 0.29) is 23.2 Å². The van der Waals surface area contributed by atoms with Gasteiger partial charge in [-0.2, -0.15) is 0 Å². The molecule has 3 fully saturated rings. The number of hydrogen-bond donors (Lipinski definition) is 1. The number of anilines is 1. The first-order chi connectivity index (χ1) is 17.4. The third-order valence-corrected chi connectivity index (χ3v) is 9.32. The van der Waals surface area contributed by atoms with Gasteiger partial charge in [0.15, 0.2) is 11.6 Å². The van der Waals surface area contributed by atoms with Crippen LogP contribution in [0.4, 0.5) is 19.3 Å². The van der Waals surface area contributed by atoms with Crippen molar-refractivity contribution in [3.05, 3.63) is 59.7 Å². The molecule has 2 amide bonds. The smallest absolute Gasteiger partial charge is 0.321 e. The topological polar surface area (TPSA) is 52.7 Å². The minimum absolute atomic E-state index is 0.109. The quantitative estimate of drug-likeness (QED) is 0.503. The number of amides is 2. The van der Waals surface area contributed by atoms with Gasteiger partial charge in [0.1, 0.15) is 0 Å². The predicted octanol–water partition coefficient (Wildman–Crippen LogP) is 5.53. The largest absolute Gasteiger partial charge is 0.322 e. The molecule has 0 aromatic heterocycles. The summed E-state index contributed by atoms with van der Waals surface area (Å²) in [6.45, 7) is 3.85. The highest BCUT2D eigenvalue weighted by molar-refractivity contribution is 7.84. The fraction of sp³-hybridized carbons (Fsp3) is 0.536. The lowest BCUT2D eigenvalue weighted by Gasteiger charge is -2.37. The third-order valence-electron chi connectivity index (χ3n) is 8.40. The highest BCUT2D eigenvalue weighted by Gasteiger charge is 2.58. The summed E-state index contributed by atoms with van der Waals surface area (Å²) in [4.78, 5) is 18.6. The molecule has 2 saturated carbocycles. The van der Waals surface area contributed by atoms with Gasteiger partial charge in [0.05, 0.1) is 0 Å².